The lowest BCUT2D eigenvalue weighted by atomic mass is 10.2. The second kappa shape index (κ2) is 5.21. The van der Waals surface area contributed by atoms with Gasteiger partial charge in [-0.1, -0.05) is 0 Å². The van der Waals surface area contributed by atoms with E-state index < -0.39 is 0 Å². The molecule has 3 N–H and O–H groups in total. The van der Waals surface area contributed by atoms with Crippen molar-refractivity contribution in [3.05, 3.63) is 18.2 Å². The van der Waals surface area contributed by atoms with Gasteiger partial charge in [-0.25, -0.2) is 0 Å². The van der Waals surface area contributed by atoms with Gasteiger partial charge in [-0.2, -0.15) is 0 Å². The standard InChI is InChI=1S/C9H9ClN2O3/c10-4-9(14)12-6-1-2-7(11)8(3-6)15-5-13/h1-3,5H,4,11H2,(H,12,14). The van der Waals surface area contributed by atoms with Crippen molar-refractivity contribution in [1.82, 2.24) is 0 Å². The molecule has 0 unspecified atom stereocenters. The van der Waals surface area contributed by atoms with Crippen LogP contribution in [0.3, 0.4) is 0 Å². The molecular weight excluding hydrogens is 220 g/mol. The summed E-state index contributed by atoms with van der Waals surface area (Å²) in [6, 6.07) is 4.54. The van der Waals surface area contributed by atoms with Crippen molar-refractivity contribution < 1.29 is 14.3 Å². The Morgan fingerprint density at radius 3 is 2.93 bits per heavy atom. The summed E-state index contributed by atoms with van der Waals surface area (Å²) >= 11 is 5.31. The van der Waals surface area contributed by atoms with Gasteiger partial charge in [-0.05, 0) is 12.1 Å². The van der Waals surface area contributed by atoms with Crippen LogP contribution in [0.2, 0.25) is 0 Å². The van der Waals surface area contributed by atoms with Crippen LogP contribution in [0.1, 0.15) is 0 Å². The number of anilines is 2. The van der Waals surface area contributed by atoms with Crippen LogP contribution >= 0.6 is 11.6 Å². The SMILES string of the molecule is Nc1ccc(NC(=O)CCl)cc1OC=O. The Bertz CT molecular complexity index is 382. The van der Waals surface area contributed by atoms with Crippen LogP contribution in [0.4, 0.5) is 11.4 Å². The third kappa shape index (κ3) is 3.14. The monoisotopic (exact) mass is 228 g/mol. The van der Waals surface area contributed by atoms with Crippen LogP contribution in [0.5, 0.6) is 5.75 Å². The predicted octanol–water partition coefficient (Wildman–Crippen LogP) is 0.981. The van der Waals surface area contributed by atoms with E-state index in [1.54, 1.807) is 6.07 Å². The number of benzene rings is 1. The van der Waals surface area contributed by atoms with Crippen LogP contribution in [0.15, 0.2) is 18.2 Å². The number of nitrogens with one attached hydrogen (secondary N) is 1. The Balaban J connectivity index is 2.86. The third-order valence-electron chi connectivity index (χ3n) is 1.59. The highest BCUT2D eigenvalue weighted by Gasteiger charge is 2.04. The number of nitrogens with two attached hydrogens (primary N) is 1. The summed E-state index contributed by atoms with van der Waals surface area (Å²) in [5, 5.41) is 2.50. The summed E-state index contributed by atoms with van der Waals surface area (Å²) in [5.41, 5.74) is 6.29. The molecule has 1 rings (SSSR count). The van der Waals surface area contributed by atoms with E-state index in [9.17, 15) is 9.59 Å². The van der Waals surface area contributed by atoms with Crippen LogP contribution in [0, 0.1) is 0 Å². The second-order valence-corrected chi connectivity index (χ2v) is 2.92. The Morgan fingerprint density at radius 2 is 2.33 bits per heavy atom. The zero-order valence-corrected chi connectivity index (χ0v) is 8.45. The minimum atomic E-state index is -0.349. The van der Waals surface area contributed by atoms with Gasteiger partial charge >= 0.3 is 0 Å². The minimum Gasteiger partial charge on any atom is -0.426 e. The van der Waals surface area contributed by atoms with E-state index in [4.69, 9.17) is 17.3 Å². The van der Waals surface area contributed by atoms with Crippen LogP contribution in [-0.4, -0.2) is 18.3 Å². The number of hydrogen-bond donors (Lipinski definition) is 2. The Labute approximate surface area is 91.2 Å². The van der Waals surface area contributed by atoms with Gasteiger partial charge < -0.3 is 15.8 Å². The van der Waals surface area contributed by atoms with Gasteiger partial charge in [0.05, 0.1) is 5.69 Å². The first-order valence-electron chi connectivity index (χ1n) is 4.03. The third-order valence-corrected chi connectivity index (χ3v) is 1.84. The van der Waals surface area contributed by atoms with Crippen molar-refractivity contribution >= 4 is 35.4 Å². The van der Waals surface area contributed by atoms with Gasteiger partial charge in [0.25, 0.3) is 6.47 Å². The van der Waals surface area contributed by atoms with E-state index in [0.717, 1.165) is 0 Å². The molecule has 0 saturated carbocycles. The molecule has 1 aromatic rings. The maximum atomic E-state index is 11.0. The van der Waals surface area contributed by atoms with E-state index in [2.05, 4.69) is 10.1 Å². The van der Waals surface area contributed by atoms with E-state index >= 15 is 0 Å². The maximum absolute atomic E-state index is 11.0. The van der Waals surface area contributed by atoms with Crippen LogP contribution in [0.25, 0.3) is 0 Å². The van der Waals surface area contributed by atoms with E-state index in [1.807, 2.05) is 0 Å². The highest BCUT2D eigenvalue weighted by atomic mass is 35.5. The largest absolute Gasteiger partial charge is 0.426 e. The summed E-state index contributed by atoms with van der Waals surface area (Å²) in [5.74, 6) is -0.301. The molecule has 0 saturated heterocycles. The first kappa shape index (κ1) is 11.3. The molecule has 1 aromatic carbocycles. The van der Waals surface area contributed by atoms with Crippen LogP contribution in [-0.2, 0) is 9.59 Å². The molecule has 0 fully saturated rings. The zero-order chi connectivity index (χ0) is 11.3. The van der Waals surface area contributed by atoms with E-state index in [-0.39, 0.29) is 24.0 Å². The molecule has 6 heteroatoms. The number of carbonyl (C=O) groups excluding carboxylic acids is 2. The number of alkyl halides is 1. The van der Waals surface area contributed by atoms with Gasteiger partial charge in [0, 0.05) is 11.8 Å². The lowest BCUT2D eigenvalue weighted by molar-refractivity contribution is -0.120. The number of carbonyl (C=O) groups is 2. The molecule has 80 valence electrons. The highest BCUT2D eigenvalue weighted by molar-refractivity contribution is 6.29. The first-order chi connectivity index (χ1) is 7.17. The molecule has 0 spiro atoms. The number of halogens is 1. The number of nitrogen functional groups attached to an aromatic ring is 1. The van der Waals surface area contributed by atoms with Crippen molar-refractivity contribution in [2.75, 3.05) is 16.9 Å². The second-order valence-electron chi connectivity index (χ2n) is 2.65. The quantitative estimate of drug-likeness (QED) is 0.457. The fourth-order valence-electron chi connectivity index (χ4n) is 0.960. The van der Waals surface area contributed by atoms with Crippen molar-refractivity contribution in [2.24, 2.45) is 0 Å². The van der Waals surface area contributed by atoms with Gasteiger partial charge in [0.15, 0.2) is 5.75 Å². The average Bonchev–Trinajstić information content (AvgIpc) is 2.23. The number of amides is 1. The van der Waals surface area contributed by atoms with Crippen LogP contribution < -0.4 is 15.8 Å². The van der Waals surface area contributed by atoms with E-state index in [0.29, 0.717) is 11.4 Å². The summed E-state index contributed by atoms with van der Waals surface area (Å²) in [4.78, 5) is 21.1. The first-order valence-corrected chi connectivity index (χ1v) is 4.56. The molecule has 0 aliphatic carbocycles. The topological polar surface area (TPSA) is 81.4 Å². The zero-order valence-electron chi connectivity index (χ0n) is 7.70. The summed E-state index contributed by atoms with van der Waals surface area (Å²) in [6.45, 7) is 0.263. The van der Waals surface area contributed by atoms with Crippen molar-refractivity contribution in [1.29, 1.82) is 0 Å². The average molecular weight is 229 g/mol. The molecule has 0 aliphatic rings. The molecule has 5 nitrogen and oxygen atoms in total. The number of ether oxygens (including phenoxy) is 1. The van der Waals surface area contributed by atoms with Gasteiger partial charge in [-0.3, -0.25) is 9.59 Å². The Hall–Kier alpha value is -1.75. The smallest absolute Gasteiger partial charge is 0.298 e. The number of rotatable bonds is 4. The number of hydrogen-bond acceptors (Lipinski definition) is 4. The van der Waals surface area contributed by atoms with Gasteiger partial charge in [0.1, 0.15) is 5.88 Å². The van der Waals surface area contributed by atoms with Crippen molar-refractivity contribution in [3.8, 4) is 5.75 Å². The molecule has 15 heavy (non-hydrogen) atoms. The normalized spacial score (nSPS) is 9.40. The predicted molar refractivity (Wildman–Crippen MR) is 56.9 cm³/mol. The van der Waals surface area contributed by atoms with Gasteiger partial charge in [-0.15, -0.1) is 11.6 Å². The minimum absolute atomic E-state index is 0.145. The Morgan fingerprint density at radius 1 is 1.60 bits per heavy atom. The van der Waals surface area contributed by atoms with Crippen molar-refractivity contribution in [2.45, 2.75) is 0 Å². The fourth-order valence-corrected chi connectivity index (χ4v) is 1.03. The maximum Gasteiger partial charge on any atom is 0.298 e. The molecule has 0 aromatic heterocycles. The molecule has 0 bridgehead atoms. The lowest BCUT2D eigenvalue weighted by Gasteiger charge is -2.06. The lowest BCUT2D eigenvalue weighted by Crippen LogP contribution is -2.12. The fraction of sp³-hybridized carbons (Fsp3) is 0.111. The molecule has 1 amide bonds. The van der Waals surface area contributed by atoms with Gasteiger partial charge in [0.2, 0.25) is 5.91 Å². The van der Waals surface area contributed by atoms with E-state index in [1.165, 1.54) is 12.1 Å². The molecule has 0 heterocycles. The molecule has 0 atom stereocenters. The highest BCUT2D eigenvalue weighted by Crippen LogP contribution is 2.24. The Kier molecular flexibility index (Phi) is 3.93. The molecule has 0 aliphatic heterocycles. The molecule has 0 radical (unpaired) electrons. The summed E-state index contributed by atoms with van der Waals surface area (Å²) in [7, 11) is 0. The summed E-state index contributed by atoms with van der Waals surface area (Å²) in [6.07, 6.45) is 0. The van der Waals surface area contributed by atoms with Crippen molar-refractivity contribution in [3.63, 3.8) is 0 Å². The molecular formula is C9H9ClN2O3. The summed E-state index contributed by atoms with van der Waals surface area (Å²) < 4.78 is 4.60.